The van der Waals surface area contributed by atoms with Crippen molar-refractivity contribution in [1.29, 1.82) is 0 Å². The van der Waals surface area contributed by atoms with Gasteiger partial charge in [0.2, 0.25) is 11.8 Å². The minimum Gasteiger partial charge on any atom is -0.359 e. The van der Waals surface area contributed by atoms with Crippen molar-refractivity contribution in [2.75, 3.05) is 20.6 Å². The predicted molar refractivity (Wildman–Crippen MR) is 55.2 cm³/mol. The van der Waals surface area contributed by atoms with Crippen LogP contribution in [-0.4, -0.2) is 44.8 Å². The summed E-state index contributed by atoms with van der Waals surface area (Å²) in [7, 11) is 3.16. The van der Waals surface area contributed by atoms with Crippen LogP contribution in [0.4, 0.5) is 0 Å². The molecule has 0 aliphatic carbocycles. The van der Waals surface area contributed by atoms with E-state index in [4.69, 9.17) is 0 Å². The maximum atomic E-state index is 11.1. The van der Waals surface area contributed by atoms with Gasteiger partial charge in [0.1, 0.15) is 6.29 Å². The van der Waals surface area contributed by atoms with Crippen LogP contribution >= 0.6 is 0 Å². The second-order valence-electron chi connectivity index (χ2n) is 3.05. The van der Waals surface area contributed by atoms with Gasteiger partial charge in [-0.25, -0.2) is 0 Å². The maximum Gasteiger partial charge on any atom is 0.234 e. The van der Waals surface area contributed by atoms with Crippen LogP contribution in [0.1, 0.15) is 12.8 Å². The Hall–Kier alpha value is -1.43. The number of amides is 2. The summed E-state index contributed by atoms with van der Waals surface area (Å²) in [6.07, 6.45) is 1.18. The molecule has 15 heavy (non-hydrogen) atoms. The van der Waals surface area contributed by atoms with Gasteiger partial charge in [-0.1, -0.05) is 0 Å². The molecule has 0 heterocycles. The van der Waals surface area contributed by atoms with E-state index in [1.54, 1.807) is 7.05 Å². The fraction of sp³-hybridized carbons (Fsp3) is 0.667. The average molecular weight is 215 g/mol. The number of hydrogen-bond acceptors (Lipinski definition) is 4. The Morgan fingerprint density at radius 2 is 1.93 bits per heavy atom. The van der Waals surface area contributed by atoms with Gasteiger partial charge in [0.25, 0.3) is 0 Å². The molecule has 1 unspecified atom stereocenters. The Kier molecular flexibility index (Phi) is 7.17. The standard InChI is InChI=1S/C9H17N3O3/c1-10-5-9(15)12-7(6-13)3-4-8(14)11-2/h6-7,10H,3-5H2,1-2H3,(H,11,14)(H,12,15). The van der Waals surface area contributed by atoms with Gasteiger partial charge in [0, 0.05) is 13.5 Å². The zero-order valence-corrected chi connectivity index (χ0v) is 9.00. The second-order valence-corrected chi connectivity index (χ2v) is 3.05. The first-order chi connectivity index (χ1) is 7.13. The molecule has 0 saturated heterocycles. The second kappa shape index (κ2) is 7.93. The van der Waals surface area contributed by atoms with Crippen molar-refractivity contribution >= 4 is 18.1 Å². The molecule has 2 amide bonds. The molecular formula is C9H17N3O3. The van der Waals surface area contributed by atoms with E-state index in [0.717, 1.165) is 0 Å². The van der Waals surface area contributed by atoms with E-state index in [1.165, 1.54) is 7.05 Å². The highest BCUT2D eigenvalue weighted by Crippen LogP contribution is 1.94. The van der Waals surface area contributed by atoms with Crippen molar-refractivity contribution in [3.05, 3.63) is 0 Å². The van der Waals surface area contributed by atoms with Crippen LogP contribution in [0, 0.1) is 0 Å². The predicted octanol–water partition coefficient (Wildman–Crippen LogP) is -1.58. The van der Waals surface area contributed by atoms with Crippen molar-refractivity contribution in [2.45, 2.75) is 18.9 Å². The third-order valence-electron chi connectivity index (χ3n) is 1.81. The molecule has 0 radical (unpaired) electrons. The molecule has 0 rings (SSSR count). The van der Waals surface area contributed by atoms with E-state index in [0.29, 0.717) is 12.7 Å². The zero-order valence-electron chi connectivity index (χ0n) is 9.00. The van der Waals surface area contributed by atoms with Crippen LogP contribution in [0.3, 0.4) is 0 Å². The monoisotopic (exact) mass is 215 g/mol. The number of carbonyl (C=O) groups is 3. The summed E-state index contributed by atoms with van der Waals surface area (Å²) in [5.41, 5.74) is 0. The fourth-order valence-electron chi connectivity index (χ4n) is 1.00. The molecule has 0 aromatic carbocycles. The van der Waals surface area contributed by atoms with Gasteiger partial charge in [-0.3, -0.25) is 9.59 Å². The Morgan fingerprint density at radius 3 is 2.40 bits per heavy atom. The summed E-state index contributed by atoms with van der Waals surface area (Å²) in [6, 6.07) is -0.594. The number of carbonyl (C=O) groups excluding carboxylic acids is 3. The molecule has 6 nitrogen and oxygen atoms in total. The quantitative estimate of drug-likeness (QED) is 0.447. The summed E-state index contributed by atoms with van der Waals surface area (Å²) >= 11 is 0. The largest absolute Gasteiger partial charge is 0.359 e. The van der Waals surface area contributed by atoms with Crippen molar-refractivity contribution in [2.24, 2.45) is 0 Å². The van der Waals surface area contributed by atoms with Crippen LogP contribution in [0.15, 0.2) is 0 Å². The Labute approximate surface area is 88.8 Å². The van der Waals surface area contributed by atoms with Gasteiger partial charge in [0.05, 0.1) is 12.6 Å². The van der Waals surface area contributed by atoms with Gasteiger partial charge < -0.3 is 20.7 Å². The van der Waals surface area contributed by atoms with Crippen LogP contribution in [0.2, 0.25) is 0 Å². The lowest BCUT2D eigenvalue weighted by atomic mass is 10.1. The van der Waals surface area contributed by atoms with Crippen molar-refractivity contribution in [3.8, 4) is 0 Å². The topological polar surface area (TPSA) is 87.3 Å². The van der Waals surface area contributed by atoms with Gasteiger partial charge in [-0.05, 0) is 13.5 Å². The minimum absolute atomic E-state index is 0.148. The van der Waals surface area contributed by atoms with E-state index >= 15 is 0 Å². The maximum absolute atomic E-state index is 11.1. The normalized spacial score (nSPS) is 11.6. The lowest BCUT2D eigenvalue weighted by molar-refractivity contribution is -0.124. The molecule has 86 valence electrons. The molecular weight excluding hydrogens is 198 g/mol. The number of rotatable bonds is 7. The van der Waals surface area contributed by atoms with Crippen LogP contribution in [0.25, 0.3) is 0 Å². The van der Waals surface area contributed by atoms with Crippen LogP contribution < -0.4 is 16.0 Å². The highest BCUT2D eigenvalue weighted by Gasteiger charge is 2.11. The number of hydrogen-bond donors (Lipinski definition) is 3. The van der Waals surface area contributed by atoms with E-state index in [2.05, 4.69) is 16.0 Å². The van der Waals surface area contributed by atoms with Gasteiger partial charge >= 0.3 is 0 Å². The van der Waals surface area contributed by atoms with Crippen molar-refractivity contribution in [1.82, 2.24) is 16.0 Å². The Morgan fingerprint density at radius 1 is 1.27 bits per heavy atom. The first-order valence-corrected chi connectivity index (χ1v) is 4.73. The van der Waals surface area contributed by atoms with E-state index in [-0.39, 0.29) is 24.8 Å². The zero-order chi connectivity index (χ0) is 11.7. The van der Waals surface area contributed by atoms with E-state index < -0.39 is 6.04 Å². The first-order valence-electron chi connectivity index (χ1n) is 4.73. The Balaban J connectivity index is 3.87. The SMILES string of the molecule is CNCC(=O)NC(C=O)CCC(=O)NC. The van der Waals surface area contributed by atoms with Crippen LogP contribution in [0.5, 0.6) is 0 Å². The summed E-state index contributed by atoms with van der Waals surface area (Å²) in [5.74, 6) is -0.406. The minimum atomic E-state index is -0.594. The molecule has 0 aliphatic rings. The first kappa shape index (κ1) is 13.6. The van der Waals surface area contributed by atoms with Gasteiger partial charge in [0.15, 0.2) is 0 Å². The molecule has 0 aromatic rings. The third kappa shape index (κ3) is 6.62. The molecule has 0 aromatic heterocycles. The molecule has 0 saturated carbocycles. The highest BCUT2D eigenvalue weighted by molar-refractivity contribution is 5.82. The van der Waals surface area contributed by atoms with Gasteiger partial charge in [-0.15, -0.1) is 0 Å². The summed E-state index contributed by atoms with van der Waals surface area (Å²) < 4.78 is 0. The molecule has 6 heteroatoms. The Bertz CT molecular complexity index is 231. The molecule has 1 atom stereocenters. The molecule has 0 spiro atoms. The number of likely N-dealkylation sites (N-methyl/N-ethyl adjacent to an activating group) is 1. The van der Waals surface area contributed by atoms with Gasteiger partial charge in [-0.2, -0.15) is 0 Å². The summed E-state index contributed by atoms with van der Waals surface area (Å²) in [6.45, 7) is 0.157. The smallest absolute Gasteiger partial charge is 0.234 e. The summed E-state index contributed by atoms with van der Waals surface area (Å²) in [4.78, 5) is 32.6. The molecule has 3 N–H and O–H groups in total. The number of aldehydes is 1. The lowest BCUT2D eigenvalue weighted by Gasteiger charge is -2.11. The van der Waals surface area contributed by atoms with Crippen molar-refractivity contribution in [3.63, 3.8) is 0 Å². The fourth-order valence-corrected chi connectivity index (χ4v) is 1.00. The average Bonchev–Trinajstić information content (AvgIpc) is 2.23. The molecule has 0 fully saturated rings. The third-order valence-corrected chi connectivity index (χ3v) is 1.81. The summed E-state index contributed by atoms with van der Waals surface area (Å²) in [5, 5.41) is 7.61. The van der Waals surface area contributed by atoms with Crippen LogP contribution in [-0.2, 0) is 14.4 Å². The highest BCUT2D eigenvalue weighted by atomic mass is 16.2. The van der Waals surface area contributed by atoms with E-state index in [9.17, 15) is 14.4 Å². The molecule has 0 aliphatic heterocycles. The van der Waals surface area contributed by atoms with Crippen molar-refractivity contribution < 1.29 is 14.4 Å². The molecule has 0 bridgehead atoms. The van der Waals surface area contributed by atoms with E-state index in [1.807, 2.05) is 0 Å². The number of nitrogens with one attached hydrogen (secondary N) is 3. The lowest BCUT2D eigenvalue weighted by Crippen LogP contribution is -2.41.